The number of ether oxygens (including phenoxy) is 1. The number of carbonyl (C=O) groups excluding carboxylic acids is 1. The molecular formula is C18H22ClN3O4S. The van der Waals surface area contributed by atoms with Crippen molar-refractivity contribution in [1.29, 1.82) is 0 Å². The topological polar surface area (TPSA) is 80.6 Å². The van der Waals surface area contributed by atoms with E-state index in [1.165, 1.54) is 25.4 Å². The van der Waals surface area contributed by atoms with E-state index in [-0.39, 0.29) is 16.5 Å². The summed E-state index contributed by atoms with van der Waals surface area (Å²) in [5.41, 5.74) is 0.613. The number of nitrogens with zero attached hydrogens (tertiary/aromatic N) is 2. The molecule has 2 heterocycles. The van der Waals surface area contributed by atoms with E-state index in [0.29, 0.717) is 42.0 Å². The minimum Gasteiger partial charge on any atom is -0.495 e. The first-order chi connectivity index (χ1) is 12.7. The van der Waals surface area contributed by atoms with Crippen LogP contribution in [-0.2, 0) is 16.6 Å². The second-order valence-corrected chi connectivity index (χ2v) is 8.97. The fraction of sp³-hybridized carbons (Fsp3) is 0.389. The van der Waals surface area contributed by atoms with Gasteiger partial charge in [0.05, 0.1) is 12.8 Å². The van der Waals surface area contributed by atoms with Crippen LogP contribution in [0, 0.1) is 5.92 Å². The number of sulfonamides is 1. The molecule has 1 amide bonds. The zero-order chi connectivity index (χ0) is 19.8. The van der Waals surface area contributed by atoms with Gasteiger partial charge in [-0.15, -0.1) is 0 Å². The molecular weight excluding hydrogens is 390 g/mol. The summed E-state index contributed by atoms with van der Waals surface area (Å²) in [6.45, 7) is 5.85. The Morgan fingerprint density at radius 1 is 1.26 bits per heavy atom. The predicted octanol–water partition coefficient (Wildman–Crippen LogP) is 3.06. The Balaban J connectivity index is 1.90. The lowest BCUT2D eigenvalue weighted by molar-refractivity contribution is 0.0683. The number of hydrogen-bond acceptors (Lipinski definition) is 4. The van der Waals surface area contributed by atoms with Crippen molar-refractivity contribution >= 4 is 33.2 Å². The summed E-state index contributed by atoms with van der Waals surface area (Å²) >= 11 is 5.96. The van der Waals surface area contributed by atoms with E-state index in [9.17, 15) is 13.2 Å². The standard InChI is InChI=1S/C18H22ClN3O4S/c1-12(2)10-22-7-6-21-11-14(9-16(21)18(22)23)27(24,25)20-15-8-13(19)4-5-17(15)26-3/h4-5,8-9,11-12,20H,6-7,10H2,1-3H3. The van der Waals surface area contributed by atoms with E-state index < -0.39 is 10.0 Å². The average Bonchev–Trinajstić information content (AvgIpc) is 3.03. The third-order valence-electron chi connectivity index (χ3n) is 4.29. The molecule has 1 aromatic carbocycles. The van der Waals surface area contributed by atoms with E-state index in [2.05, 4.69) is 4.72 Å². The number of amides is 1. The van der Waals surface area contributed by atoms with Gasteiger partial charge in [0.1, 0.15) is 16.3 Å². The lowest BCUT2D eigenvalue weighted by Crippen LogP contribution is -2.41. The number of fused-ring (bicyclic) bond motifs is 1. The SMILES string of the molecule is COc1ccc(Cl)cc1NS(=O)(=O)c1cc2n(c1)CCN(CC(C)C)C2=O. The summed E-state index contributed by atoms with van der Waals surface area (Å²) in [5.74, 6) is 0.540. The molecule has 9 heteroatoms. The molecule has 7 nitrogen and oxygen atoms in total. The van der Waals surface area contributed by atoms with E-state index in [0.717, 1.165) is 0 Å². The molecule has 1 aliphatic heterocycles. The zero-order valence-corrected chi connectivity index (χ0v) is 17.0. The van der Waals surface area contributed by atoms with Crippen molar-refractivity contribution in [3.8, 4) is 5.75 Å². The van der Waals surface area contributed by atoms with Gasteiger partial charge in [-0.1, -0.05) is 25.4 Å². The van der Waals surface area contributed by atoms with E-state index in [4.69, 9.17) is 16.3 Å². The van der Waals surface area contributed by atoms with Crippen molar-refractivity contribution < 1.29 is 17.9 Å². The normalized spacial score (nSPS) is 14.4. The van der Waals surface area contributed by atoms with Gasteiger partial charge in [-0.2, -0.15) is 0 Å². The van der Waals surface area contributed by atoms with Gasteiger partial charge in [-0.05, 0) is 30.2 Å². The molecule has 0 unspecified atom stereocenters. The molecule has 1 N–H and O–H groups in total. The summed E-state index contributed by atoms with van der Waals surface area (Å²) in [4.78, 5) is 14.4. The predicted molar refractivity (Wildman–Crippen MR) is 104 cm³/mol. The summed E-state index contributed by atoms with van der Waals surface area (Å²) in [5, 5.41) is 0.379. The number of nitrogens with one attached hydrogen (secondary N) is 1. The summed E-state index contributed by atoms with van der Waals surface area (Å²) < 4.78 is 35.0. The van der Waals surface area contributed by atoms with Crippen molar-refractivity contribution in [3.63, 3.8) is 0 Å². The van der Waals surface area contributed by atoms with Crippen LogP contribution in [0.5, 0.6) is 5.75 Å². The molecule has 0 bridgehead atoms. The number of hydrogen-bond donors (Lipinski definition) is 1. The lowest BCUT2D eigenvalue weighted by Gasteiger charge is -2.29. The molecule has 146 valence electrons. The van der Waals surface area contributed by atoms with Crippen molar-refractivity contribution in [2.24, 2.45) is 5.92 Å². The fourth-order valence-electron chi connectivity index (χ4n) is 3.07. The number of halogens is 1. The van der Waals surface area contributed by atoms with Crippen molar-refractivity contribution in [2.75, 3.05) is 24.9 Å². The van der Waals surface area contributed by atoms with Gasteiger partial charge in [-0.3, -0.25) is 9.52 Å². The maximum absolute atomic E-state index is 12.8. The molecule has 3 rings (SSSR count). The maximum atomic E-state index is 12.8. The lowest BCUT2D eigenvalue weighted by atomic mass is 10.2. The molecule has 0 spiro atoms. The molecule has 0 radical (unpaired) electrons. The van der Waals surface area contributed by atoms with Crippen LogP contribution >= 0.6 is 11.6 Å². The molecule has 27 heavy (non-hydrogen) atoms. The number of methoxy groups -OCH3 is 1. The Kier molecular flexibility index (Phi) is 5.39. The monoisotopic (exact) mass is 411 g/mol. The van der Waals surface area contributed by atoms with Crippen molar-refractivity contribution in [1.82, 2.24) is 9.47 Å². The zero-order valence-electron chi connectivity index (χ0n) is 15.4. The largest absolute Gasteiger partial charge is 0.495 e. The van der Waals surface area contributed by atoms with Crippen molar-refractivity contribution in [3.05, 3.63) is 41.2 Å². The Labute approximate surface area is 163 Å². The summed E-state index contributed by atoms with van der Waals surface area (Å²) in [6.07, 6.45) is 1.49. The van der Waals surface area contributed by atoms with Gasteiger partial charge in [0.25, 0.3) is 15.9 Å². The molecule has 0 fully saturated rings. The highest BCUT2D eigenvalue weighted by atomic mass is 35.5. The number of anilines is 1. The summed E-state index contributed by atoms with van der Waals surface area (Å²) in [6, 6.07) is 6.08. The Hall–Kier alpha value is -2.19. The third kappa shape index (κ3) is 4.06. The highest BCUT2D eigenvalue weighted by Crippen LogP contribution is 2.30. The van der Waals surface area contributed by atoms with Crippen LogP contribution in [0.15, 0.2) is 35.4 Å². The molecule has 2 aromatic rings. The molecule has 0 saturated carbocycles. The van der Waals surface area contributed by atoms with Gasteiger partial charge >= 0.3 is 0 Å². The Morgan fingerprint density at radius 3 is 2.67 bits per heavy atom. The van der Waals surface area contributed by atoms with Crippen LogP contribution in [0.1, 0.15) is 24.3 Å². The first kappa shape index (κ1) is 19.6. The molecule has 0 saturated heterocycles. The van der Waals surface area contributed by atoms with Crippen LogP contribution in [0.4, 0.5) is 5.69 Å². The highest BCUT2D eigenvalue weighted by Gasteiger charge is 2.29. The van der Waals surface area contributed by atoms with Crippen LogP contribution in [-0.4, -0.2) is 44.0 Å². The van der Waals surface area contributed by atoms with Crippen LogP contribution in [0.25, 0.3) is 0 Å². The van der Waals surface area contributed by atoms with Gasteiger partial charge in [0.2, 0.25) is 0 Å². The number of aromatic nitrogens is 1. The summed E-state index contributed by atoms with van der Waals surface area (Å²) in [7, 11) is -2.46. The number of carbonyl (C=O) groups is 1. The van der Waals surface area contributed by atoms with E-state index >= 15 is 0 Å². The number of benzene rings is 1. The van der Waals surface area contributed by atoms with Crippen LogP contribution in [0.2, 0.25) is 5.02 Å². The molecule has 0 atom stereocenters. The van der Waals surface area contributed by atoms with Crippen LogP contribution < -0.4 is 9.46 Å². The smallest absolute Gasteiger partial charge is 0.270 e. The van der Waals surface area contributed by atoms with Crippen LogP contribution in [0.3, 0.4) is 0 Å². The third-order valence-corrected chi connectivity index (χ3v) is 5.86. The van der Waals surface area contributed by atoms with E-state index in [1.807, 2.05) is 13.8 Å². The molecule has 1 aromatic heterocycles. The maximum Gasteiger partial charge on any atom is 0.270 e. The second kappa shape index (κ2) is 7.44. The Morgan fingerprint density at radius 2 is 2.00 bits per heavy atom. The minimum atomic E-state index is -3.90. The second-order valence-electron chi connectivity index (χ2n) is 6.85. The molecule has 1 aliphatic rings. The van der Waals surface area contributed by atoms with Gasteiger partial charge < -0.3 is 14.2 Å². The molecule has 0 aliphatic carbocycles. The van der Waals surface area contributed by atoms with E-state index in [1.54, 1.807) is 21.6 Å². The van der Waals surface area contributed by atoms with Crippen molar-refractivity contribution in [2.45, 2.75) is 25.3 Å². The van der Waals surface area contributed by atoms with Gasteiger partial charge in [0, 0.05) is 30.9 Å². The van der Waals surface area contributed by atoms with Gasteiger partial charge in [0.15, 0.2) is 0 Å². The highest BCUT2D eigenvalue weighted by molar-refractivity contribution is 7.92. The first-order valence-electron chi connectivity index (χ1n) is 8.57. The number of rotatable bonds is 6. The fourth-order valence-corrected chi connectivity index (χ4v) is 4.34. The first-order valence-corrected chi connectivity index (χ1v) is 10.4. The van der Waals surface area contributed by atoms with Gasteiger partial charge in [-0.25, -0.2) is 8.42 Å². The quantitative estimate of drug-likeness (QED) is 0.792. The Bertz CT molecular complexity index is 969. The average molecular weight is 412 g/mol. The minimum absolute atomic E-state index is 0.0271.